The summed E-state index contributed by atoms with van der Waals surface area (Å²) in [7, 11) is 0. The number of rotatable bonds is 2. The third kappa shape index (κ3) is 1.42. The second-order valence-corrected chi connectivity index (χ2v) is 3.43. The standard InChI is InChI=1S/C8H12F2O2/c1-4(2)12-7(11)6-5(3)8(6,9)10/h4-6H,1-3H3. The Hall–Kier alpha value is -0.670. The summed E-state index contributed by atoms with van der Waals surface area (Å²) < 4.78 is 29.8. The molecule has 1 aliphatic carbocycles. The molecule has 0 bridgehead atoms. The van der Waals surface area contributed by atoms with Crippen molar-refractivity contribution in [3.63, 3.8) is 0 Å². The molecule has 1 saturated carbocycles. The van der Waals surface area contributed by atoms with Crippen LogP contribution in [0.5, 0.6) is 0 Å². The highest BCUT2D eigenvalue weighted by molar-refractivity contribution is 5.78. The Labute approximate surface area is 69.9 Å². The Kier molecular flexibility index (Phi) is 2.10. The quantitative estimate of drug-likeness (QED) is 0.603. The fourth-order valence-electron chi connectivity index (χ4n) is 1.15. The van der Waals surface area contributed by atoms with Gasteiger partial charge in [0.05, 0.1) is 6.10 Å². The molecule has 0 aromatic heterocycles. The van der Waals surface area contributed by atoms with E-state index in [1.165, 1.54) is 6.92 Å². The van der Waals surface area contributed by atoms with Gasteiger partial charge in [0, 0.05) is 5.92 Å². The van der Waals surface area contributed by atoms with Gasteiger partial charge in [0.1, 0.15) is 5.92 Å². The molecule has 2 nitrogen and oxygen atoms in total. The topological polar surface area (TPSA) is 26.3 Å². The Morgan fingerprint density at radius 2 is 1.92 bits per heavy atom. The number of carbonyl (C=O) groups excluding carboxylic acids is 1. The summed E-state index contributed by atoms with van der Waals surface area (Å²) in [5.41, 5.74) is 0. The summed E-state index contributed by atoms with van der Waals surface area (Å²) in [4.78, 5) is 10.9. The predicted octanol–water partition coefficient (Wildman–Crippen LogP) is 1.84. The molecule has 1 aliphatic rings. The van der Waals surface area contributed by atoms with E-state index in [4.69, 9.17) is 0 Å². The Balaban J connectivity index is 2.47. The minimum atomic E-state index is -2.84. The van der Waals surface area contributed by atoms with E-state index < -0.39 is 23.7 Å². The molecular formula is C8H12F2O2. The molecule has 0 N–H and O–H groups in total. The van der Waals surface area contributed by atoms with Gasteiger partial charge in [-0.05, 0) is 13.8 Å². The number of carbonyl (C=O) groups is 1. The molecule has 1 rings (SSSR count). The maximum absolute atomic E-state index is 12.6. The minimum absolute atomic E-state index is 0.318. The summed E-state index contributed by atoms with van der Waals surface area (Å²) in [6, 6.07) is 0. The summed E-state index contributed by atoms with van der Waals surface area (Å²) in [6.45, 7) is 4.64. The smallest absolute Gasteiger partial charge is 0.315 e. The van der Waals surface area contributed by atoms with Crippen LogP contribution in [0.25, 0.3) is 0 Å². The summed E-state index contributed by atoms with van der Waals surface area (Å²) in [6.07, 6.45) is -0.318. The maximum atomic E-state index is 12.6. The second-order valence-electron chi connectivity index (χ2n) is 3.43. The lowest BCUT2D eigenvalue weighted by Crippen LogP contribution is -2.16. The van der Waals surface area contributed by atoms with Gasteiger partial charge in [-0.3, -0.25) is 4.79 Å². The zero-order valence-corrected chi connectivity index (χ0v) is 7.30. The Morgan fingerprint density at radius 1 is 1.50 bits per heavy atom. The lowest BCUT2D eigenvalue weighted by Gasteiger charge is -2.06. The van der Waals surface area contributed by atoms with Crippen molar-refractivity contribution in [1.29, 1.82) is 0 Å². The number of hydrogen-bond acceptors (Lipinski definition) is 2. The first-order valence-electron chi connectivity index (χ1n) is 3.95. The molecule has 2 unspecified atom stereocenters. The van der Waals surface area contributed by atoms with E-state index in [2.05, 4.69) is 4.74 Å². The molecule has 0 radical (unpaired) electrons. The van der Waals surface area contributed by atoms with Gasteiger partial charge < -0.3 is 4.74 Å². The van der Waals surface area contributed by atoms with Crippen LogP contribution >= 0.6 is 0 Å². The average Bonchev–Trinajstić information content (AvgIpc) is 2.30. The first-order valence-corrected chi connectivity index (χ1v) is 3.95. The monoisotopic (exact) mass is 178 g/mol. The van der Waals surface area contributed by atoms with Crippen LogP contribution < -0.4 is 0 Å². The number of esters is 1. The van der Waals surface area contributed by atoms with Crippen molar-refractivity contribution >= 4 is 5.97 Å². The largest absolute Gasteiger partial charge is 0.463 e. The van der Waals surface area contributed by atoms with Crippen molar-refractivity contribution in [2.45, 2.75) is 32.8 Å². The van der Waals surface area contributed by atoms with E-state index in [-0.39, 0.29) is 6.10 Å². The summed E-state index contributed by atoms with van der Waals surface area (Å²) in [5.74, 6) is -5.68. The van der Waals surface area contributed by atoms with E-state index >= 15 is 0 Å². The first-order chi connectivity index (χ1) is 5.37. The molecule has 0 aromatic carbocycles. The number of halogens is 2. The average molecular weight is 178 g/mol. The number of ether oxygens (including phenoxy) is 1. The molecule has 2 atom stereocenters. The molecule has 0 aliphatic heterocycles. The van der Waals surface area contributed by atoms with Gasteiger partial charge >= 0.3 is 5.97 Å². The van der Waals surface area contributed by atoms with Gasteiger partial charge in [0.2, 0.25) is 0 Å². The van der Waals surface area contributed by atoms with E-state index in [0.29, 0.717) is 0 Å². The molecule has 1 fully saturated rings. The highest BCUT2D eigenvalue weighted by atomic mass is 19.3. The molecule has 4 heteroatoms. The fraction of sp³-hybridized carbons (Fsp3) is 0.875. The molecule has 0 saturated heterocycles. The van der Waals surface area contributed by atoms with Crippen molar-refractivity contribution in [2.75, 3.05) is 0 Å². The van der Waals surface area contributed by atoms with Crippen molar-refractivity contribution in [3.05, 3.63) is 0 Å². The van der Waals surface area contributed by atoms with Crippen LogP contribution in [0, 0.1) is 11.8 Å². The SMILES string of the molecule is CC(C)OC(=O)C1C(C)C1(F)F. The molecule has 0 aromatic rings. The minimum Gasteiger partial charge on any atom is -0.463 e. The molecule has 0 spiro atoms. The zero-order valence-electron chi connectivity index (χ0n) is 7.30. The van der Waals surface area contributed by atoms with E-state index in [9.17, 15) is 13.6 Å². The lowest BCUT2D eigenvalue weighted by molar-refractivity contribution is -0.151. The number of alkyl halides is 2. The van der Waals surface area contributed by atoms with Crippen LogP contribution in [0.3, 0.4) is 0 Å². The molecule has 70 valence electrons. The van der Waals surface area contributed by atoms with Crippen molar-refractivity contribution in [1.82, 2.24) is 0 Å². The number of hydrogen-bond donors (Lipinski definition) is 0. The first kappa shape index (κ1) is 9.42. The Bertz CT molecular complexity index is 201. The van der Waals surface area contributed by atoms with Gasteiger partial charge in [-0.1, -0.05) is 6.92 Å². The zero-order chi connectivity index (χ0) is 9.52. The van der Waals surface area contributed by atoms with E-state index in [1.807, 2.05) is 0 Å². The Morgan fingerprint density at radius 3 is 2.17 bits per heavy atom. The lowest BCUT2D eigenvalue weighted by atomic mass is 10.3. The fourth-order valence-corrected chi connectivity index (χ4v) is 1.15. The van der Waals surface area contributed by atoms with Crippen LogP contribution in [0.1, 0.15) is 20.8 Å². The van der Waals surface area contributed by atoms with Gasteiger partial charge in [-0.15, -0.1) is 0 Å². The van der Waals surface area contributed by atoms with Gasteiger partial charge in [0.25, 0.3) is 5.92 Å². The highest BCUT2D eigenvalue weighted by Gasteiger charge is 2.70. The third-order valence-corrected chi connectivity index (χ3v) is 2.02. The van der Waals surface area contributed by atoms with Gasteiger partial charge in [-0.2, -0.15) is 0 Å². The normalized spacial score (nSPS) is 31.8. The van der Waals surface area contributed by atoms with Crippen LogP contribution in [0.15, 0.2) is 0 Å². The third-order valence-electron chi connectivity index (χ3n) is 2.02. The summed E-state index contributed by atoms with van der Waals surface area (Å²) >= 11 is 0. The molecule has 0 amide bonds. The van der Waals surface area contributed by atoms with E-state index in [0.717, 1.165) is 0 Å². The van der Waals surface area contributed by atoms with Crippen molar-refractivity contribution < 1.29 is 18.3 Å². The molecule has 12 heavy (non-hydrogen) atoms. The van der Waals surface area contributed by atoms with Crippen LogP contribution in [-0.4, -0.2) is 18.0 Å². The van der Waals surface area contributed by atoms with Crippen LogP contribution in [0.4, 0.5) is 8.78 Å². The highest BCUT2D eigenvalue weighted by Crippen LogP contribution is 2.55. The molecule has 0 heterocycles. The van der Waals surface area contributed by atoms with Crippen LogP contribution in [0.2, 0.25) is 0 Å². The van der Waals surface area contributed by atoms with Gasteiger partial charge in [-0.25, -0.2) is 8.78 Å². The predicted molar refractivity (Wildman–Crippen MR) is 38.8 cm³/mol. The van der Waals surface area contributed by atoms with Crippen molar-refractivity contribution in [2.24, 2.45) is 11.8 Å². The van der Waals surface area contributed by atoms with Gasteiger partial charge in [0.15, 0.2) is 0 Å². The van der Waals surface area contributed by atoms with E-state index in [1.54, 1.807) is 13.8 Å². The summed E-state index contributed by atoms with van der Waals surface area (Å²) in [5, 5.41) is 0. The maximum Gasteiger partial charge on any atom is 0.315 e. The van der Waals surface area contributed by atoms with Crippen molar-refractivity contribution in [3.8, 4) is 0 Å². The van der Waals surface area contributed by atoms with Crippen LogP contribution in [-0.2, 0) is 9.53 Å². The second kappa shape index (κ2) is 2.68. The molecular weight excluding hydrogens is 166 g/mol.